The van der Waals surface area contributed by atoms with Crippen LogP contribution >= 0.6 is 0 Å². The summed E-state index contributed by atoms with van der Waals surface area (Å²) in [6, 6.07) is 24.7. The number of nitrogens with zero attached hydrogens (tertiary/aromatic N) is 1. The lowest BCUT2D eigenvalue weighted by atomic mass is 10.0. The highest BCUT2D eigenvalue weighted by Gasteiger charge is 2.32. The van der Waals surface area contributed by atoms with E-state index >= 15 is 0 Å². The van der Waals surface area contributed by atoms with Crippen molar-refractivity contribution in [1.82, 2.24) is 0 Å². The van der Waals surface area contributed by atoms with Crippen LogP contribution in [0.1, 0.15) is 6.92 Å². The first kappa shape index (κ1) is 17.8. The molecule has 0 aliphatic carbocycles. The van der Waals surface area contributed by atoms with Crippen LogP contribution in [0.15, 0.2) is 78.9 Å². The molecule has 0 bridgehead atoms. The maximum Gasteiger partial charge on any atom is 0.268 e. The van der Waals surface area contributed by atoms with Crippen LogP contribution in [-0.2, 0) is 9.59 Å². The number of para-hydroxylation sites is 3. The molecule has 0 aromatic heterocycles. The van der Waals surface area contributed by atoms with Crippen molar-refractivity contribution in [1.29, 1.82) is 0 Å². The van der Waals surface area contributed by atoms with Gasteiger partial charge in [-0.1, -0.05) is 60.7 Å². The first-order valence-electron chi connectivity index (χ1n) is 9.15. The van der Waals surface area contributed by atoms with Crippen LogP contribution in [0.4, 0.5) is 11.4 Å². The minimum atomic E-state index is -0.626. The van der Waals surface area contributed by atoms with Gasteiger partial charge in [-0.2, -0.15) is 0 Å². The smallest absolute Gasteiger partial charge is 0.268 e. The van der Waals surface area contributed by atoms with E-state index in [9.17, 15) is 9.59 Å². The van der Waals surface area contributed by atoms with Crippen molar-refractivity contribution in [3.63, 3.8) is 0 Å². The summed E-state index contributed by atoms with van der Waals surface area (Å²) >= 11 is 0. The van der Waals surface area contributed by atoms with Crippen molar-refractivity contribution in [2.45, 2.75) is 13.0 Å². The Hall–Kier alpha value is -3.60. The molecule has 4 rings (SSSR count). The van der Waals surface area contributed by atoms with Crippen LogP contribution in [0.25, 0.3) is 11.1 Å². The van der Waals surface area contributed by atoms with Crippen molar-refractivity contribution in [3.05, 3.63) is 78.9 Å². The topological polar surface area (TPSA) is 58.6 Å². The van der Waals surface area contributed by atoms with E-state index in [2.05, 4.69) is 5.32 Å². The van der Waals surface area contributed by atoms with Gasteiger partial charge in [-0.05, 0) is 30.7 Å². The maximum atomic E-state index is 12.8. The highest BCUT2D eigenvalue weighted by atomic mass is 16.5. The van der Waals surface area contributed by atoms with Gasteiger partial charge in [-0.25, -0.2) is 0 Å². The number of benzene rings is 3. The fourth-order valence-electron chi connectivity index (χ4n) is 3.32. The molecule has 0 radical (unpaired) electrons. The highest BCUT2D eigenvalue weighted by molar-refractivity contribution is 6.06. The Morgan fingerprint density at radius 2 is 1.64 bits per heavy atom. The third-order valence-corrected chi connectivity index (χ3v) is 4.66. The SMILES string of the molecule is C[C@@H]1Oc2ccccc2N(CC(=O)Nc2ccccc2-c2ccccc2)C1=O. The molecule has 1 heterocycles. The number of anilines is 2. The van der Waals surface area contributed by atoms with Crippen LogP contribution in [0, 0.1) is 0 Å². The predicted molar refractivity (Wildman–Crippen MR) is 109 cm³/mol. The predicted octanol–water partition coefficient (Wildman–Crippen LogP) is 4.11. The molecule has 0 saturated carbocycles. The van der Waals surface area contributed by atoms with Crippen molar-refractivity contribution < 1.29 is 14.3 Å². The summed E-state index contributed by atoms with van der Waals surface area (Å²) in [5, 5.41) is 2.95. The van der Waals surface area contributed by atoms with Gasteiger partial charge in [0.15, 0.2) is 6.10 Å². The zero-order valence-electron chi connectivity index (χ0n) is 15.5. The van der Waals surface area contributed by atoms with E-state index in [1.165, 1.54) is 4.90 Å². The molecule has 1 atom stereocenters. The minimum absolute atomic E-state index is 0.0767. The maximum absolute atomic E-state index is 12.8. The molecular weight excluding hydrogens is 352 g/mol. The van der Waals surface area contributed by atoms with Gasteiger partial charge in [0.2, 0.25) is 5.91 Å². The van der Waals surface area contributed by atoms with E-state index in [0.29, 0.717) is 17.1 Å². The van der Waals surface area contributed by atoms with Crippen molar-refractivity contribution in [2.75, 3.05) is 16.8 Å². The number of ether oxygens (including phenoxy) is 1. The van der Waals surface area contributed by atoms with Gasteiger partial charge < -0.3 is 10.1 Å². The van der Waals surface area contributed by atoms with E-state index < -0.39 is 6.10 Å². The van der Waals surface area contributed by atoms with Crippen LogP contribution in [0.2, 0.25) is 0 Å². The summed E-state index contributed by atoms with van der Waals surface area (Å²) in [6.45, 7) is 1.61. The lowest BCUT2D eigenvalue weighted by Gasteiger charge is -2.32. The normalized spacial score (nSPS) is 15.5. The first-order chi connectivity index (χ1) is 13.6. The molecule has 5 heteroatoms. The average Bonchev–Trinajstić information content (AvgIpc) is 2.72. The van der Waals surface area contributed by atoms with Crippen LogP contribution in [0.5, 0.6) is 5.75 Å². The second-order valence-corrected chi connectivity index (χ2v) is 6.61. The van der Waals surface area contributed by atoms with Crippen LogP contribution in [-0.4, -0.2) is 24.5 Å². The number of carbonyl (C=O) groups is 2. The molecule has 3 aromatic rings. The Kier molecular flexibility index (Phi) is 4.81. The van der Waals surface area contributed by atoms with Gasteiger partial charge in [-0.15, -0.1) is 0 Å². The van der Waals surface area contributed by atoms with E-state index in [4.69, 9.17) is 4.74 Å². The molecule has 3 aromatic carbocycles. The number of amides is 2. The number of hydrogen-bond donors (Lipinski definition) is 1. The number of rotatable bonds is 4. The Morgan fingerprint density at radius 3 is 2.46 bits per heavy atom. The third-order valence-electron chi connectivity index (χ3n) is 4.66. The summed E-state index contributed by atoms with van der Waals surface area (Å²) in [7, 11) is 0. The molecule has 0 unspecified atom stereocenters. The highest BCUT2D eigenvalue weighted by Crippen LogP contribution is 2.33. The molecule has 1 aliphatic heterocycles. The molecule has 0 fully saturated rings. The van der Waals surface area contributed by atoms with Gasteiger partial charge in [0, 0.05) is 11.3 Å². The van der Waals surface area contributed by atoms with Gasteiger partial charge in [-0.3, -0.25) is 14.5 Å². The van der Waals surface area contributed by atoms with E-state index in [1.807, 2.05) is 66.7 Å². The Balaban J connectivity index is 1.57. The molecule has 5 nitrogen and oxygen atoms in total. The van der Waals surface area contributed by atoms with Gasteiger partial charge in [0.05, 0.1) is 5.69 Å². The summed E-state index contributed by atoms with van der Waals surface area (Å²) < 4.78 is 5.63. The first-order valence-corrected chi connectivity index (χ1v) is 9.15. The molecule has 2 amide bonds. The Labute approximate surface area is 163 Å². The zero-order chi connectivity index (χ0) is 19.5. The number of nitrogens with one attached hydrogen (secondary N) is 1. The molecule has 140 valence electrons. The fourth-order valence-corrected chi connectivity index (χ4v) is 3.32. The minimum Gasteiger partial charge on any atom is -0.479 e. The molecule has 1 aliphatic rings. The lowest BCUT2D eigenvalue weighted by molar-refractivity contribution is -0.127. The largest absolute Gasteiger partial charge is 0.479 e. The summed E-state index contributed by atoms with van der Waals surface area (Å²) in [5.41, 5.74) is 3.26. The summed E-state index contributed by atoms with van der Waals surface area (Å²) in [4.78, 5) is 26.8. The van der Waals surface area contributed by atoms with Crippen LogP contribution < -0.4 is 15.0 Å². The third kappa shape index (κ3) is 3.47. The number of fused-ring (bicyclic) bond motifs is 1. The van der Waals surface area contributed by atoms with Gasteiger partial charge in [0.1, 0.15) is 12.3 Å². The Morgan fingerprint density at radius 1 is 0.964 bits per heavy atom. The summed E-state index contributed by atoms with van der Waals surface area (Å²) in [5.74, 6) is 0.109. The van der Waals surface area contributed by atoms with Crippen molar-refractivity contribution in [3.8, 4) is 16.9 Å². The molecule has 0 spiro atoms. The molecule has 1 N–H and O–H groups in total. The van der Waals surface area contributed by atoms with Crippen molar-refractivity contribution in [2.24, 2.45) is 0 Å². The van der Waals surface area contributed by atoms with E-state index in [-0.39, 0.29) is 18.4 Å². The Bertz CT molecular complexity index is 1020. The summed E-state index contributed by atoms with van der Waals surface area (Å²) in [6.07, 6.45) is -0.626. The molecule has 0 saturated heterocycles. The fraction of sp³-hybridized carbons (Fsp3) is 0.130. The van der Waals surface area contributed by atoms with Crippen LogP contribution in [0.3, 0.4) is 0 Å². The average molecular weight is 372 g/mol. The molecule has 28 heavy (non-hydrogen) atoms. The second kappa shape index (κ2) is 7.56. The van der Waals surface area contributed by atoms with E-state index in [0.717, 1.165) is 11.1 Å². The zero-order valence-corrected chi connectivity index (χ0v) is 15.5. The van der Waals surface area contributed by atoms with Gasteiger partial charge >= 0.3 is 0 Å². The standard InChI is InChI=1S/C23H20N2O3/c1-16-23(27)25(20-13-7-8-14-21(20)28-16)15-22(26)24-19-12-6-5-11-18(19)17-9-3-2-4-10-17/h2-14,16H,15H2,1H3,(H,24,26)/t16-/m0/s1. The number of carbonyl (C=O) groups excluding carboxylic acids is 2. The molecular formula is C23H20N2O3. The lowest BCUT2D eigenvalue weighted by Crippen LogP contribution is -2.47. The second-order valence-electron chi connectivity index (χ2n) is 6.61. The number of hydrogen-bond acceptors (Lipinski definition) is 3. The van der Waals surface area contributed by atoms with E-state index in [1.54, 1.807) is 19.1 Å². The monoisotopic (exact) mass is 372 g/mol. The van der Waals surface area contributed by atoms with Gasteiger partial charge in [0.25, 0.3) is 5.91 Å². The van der Waals surface area contributed by atoms with Crippen molar-refractivity contribution >= 4 is 23.2 Å². The quantitative estimate of drug-likeness (QED) is 0.750.